The van der Waals surface area contributed by atoms with Gasteiger partial charge in [0.15, 0.2) is 4.47 Å². The minimum absolute atomic E-state index is 0.176. The molecule has 1 atom stereocenters. The van der Waals surface area contributed by atoms with Gasteiger partial charge in [-0.1, -0.05) is 11.6 Å². The van der Waals surface area contributed by atoms with Crippen molar-refractivity contribution in [3.8, 4) is 0 Å². The molecule has 1 heterocycles. The number of halogens is 1. The lowest BCUT2D eigenvalue weighted by Crippen LogP contribution is -2.37. The van der Waals surface area contributed by atoms with Crippen molar-refractivity contribution in [2.24, 2.45) is 5.73 Å². The predicted molar refractivity (Wildman–Crippen MR) is 52.6 cm³/mol. The summed E-state index contributed by atoms with van der Waals surface area (Å²) in [6.07, 6.45) is 1.63. The van der Waals surface area contributed by atoms with Crippen LogP contribution < -0.4 is 11.1 Å². The lowest BCUT2D eigenvalue weighted by molar-refractivity contribution is -0.122. The molecule has 0 aromatic carbocycles. The number of thiazole rings is 1. The zero-order valence-corrected chi connectivity index (χ0v) is 8.65. The topological polar surface area (TPSA) is 68.0 Å². The van der Waals surface area contributed by atoms with Crippen LogP contribution in [0.3, 0.4) is 0 Å². The molecule has 0 aliphatic heterocycles. The van der Waals surface area contributed by atoms with Gasteiger partial charge in [-0.2, -0.15) is 0 Å². The molecule has 0 fully saturated rings. The van der Waals surface area contributed by atoms with Crippen LogP contribution in [0.5, 0.6) is 0 Å². The van der Waals surface area contributed by atoms with Crippen molar-refractivity contribution in [3.63, 3.8) is 0 Å². The van der Waals surface area contributed by atoms with Crippen LogP contribution in [0.4, 0.5) is 0 Å². The number of carbonyl (C=O) groups excluding carboxylic acids is 1. The van der Waals surface area contributed by atoms with Gasteiger partial charge in [-0.3, -0.25) is 4.79 Å². The molecule has 0 saturated carbocycles. The Bertz CT molecular complexity index is 300. The predicted octanol–water partition coefficient (Wildman–Crippen LogP) is 0.760. The molecule has 6 heteroatoms. The number of nitrogens with two attached hydrogens (primary N) is 1. The van der Waals surface area contributed by atoms with Crippen molar-refractivity contribution >= 4 is 28.8 Å². The van der Waals surface area contributed by atoms with E-state index < -0.39 is 6.04 Å². The standard InChI is InChI=1S/C7H10ClN3OS/c1-4(9)6(12)10-2-5-3-11-7(8)13-5/h3-4H,2,9H2,1H3,(H,10,12). The number of nitrogens with zero attached hydrogens (tertiary/aromatic N) is 1. The monoisotopic (exact) mass is 219 g/mol. The molecule has 1 aromatic heterocycles. The van der Waals surface area contributed by atoms with Gasteiger partial charge in [-0.25, -0.2) is 4.98 Å². The molecule has 13 heavy (non-hydrogen) atoms. The Hall–Kier alpha value is -0.650. The fourth-order valence-electron chi connectivity index (χ4n) is 0.701. The van der Waals surface area contributed by atoms with Gasteiger partial charge in [0.25, 0.3) is 0 Å². The van der Waals surface area contributed by atoms with Gasteiger partial charge in [0.2, 0.25) is 5.91 Å². The first-order chi connectivity index (χ1) is 6.09. The number of rotatable bonds is 3. The largest absolute Gasteiger partial charge is 0.350 e. The van der Waals surface area contributed by atoms with Gasteiger partial charge in [0, 0.05) is 11.1 Å². The zero-order valence-electron chi connectivity index (χ0n) is 7.08. The average Bonchev–Trinajstić information content (AvgIpc) is 2.47. The fourth-order valence-corrected chi connectivity index (χ4v) is 1.62. The molecular formula is C7H10ClN3OS. The van der Waals surface area contributed by atoms with Gasteiger partial charge in [0.1, 0.15) is 0 Å². The van der Waals surface area contributed by atoms with E-state index in [0.717, 1.165) is 4.88 Å². The first kappa shape index (κ1) is 10.4. The van der Waals surface area contributed by atoms with Crippen LogP contribution in [-0.2, 0) is 11.3 Å². The van der Waals surface area contributed by atoms with E-state index in [9.17, 15) is 4.79 Å². The van der Waals surface area contributed by atoms with Gasteiger partial charge < -0.3 is 11.1 Å². The van der Waals surface area contributed by atoms with Crippen molar-refractivity contribution in [2.45, 2.75) is 19.5 Å². The van der Waals surface area contributed by atoms with E-state index >= 15 is 0 Å². The minimum Gasteiger partial charge on any atom is -0.350 e. The molecule has 1 rings (SSSR count). The van der Waals surface area contributed by atoms with E-state index in [0.29, 0.717) is 11.0 Å². The number of nitrogens with one attached hydrogen (secondary N) is 1. The van der Waals surface area contributed by atoms with Crippen LogP contribution in [0.15, 0.2) is 6.20 Å². The van der Waals surface area contributed by atoms with Crippen LogP contribution in [0.2, 0.25) is 4.47 Å². The van der Waals surface area contributed by atoms with E-state index in [4.69, 9.17) is 17.3 Å². The first-order valence-electron chi connectivity index (χ1n) is 3.73. The maximum Gasteiger partial charge on any atom is 0.236 e. The molecule has 0 aliphatic rings. The second-order valence-electron chi connectivity index (χ2n) is 2.59. The number of carbonyl (C=O) groups is 1. The number of hydrogen-bond acceptors (Lipinski definition) is 4. The quantitative estimate of drug-likeness (QED) is 0.789. The number of aromatic nitrogens is 1. The summed E-state index contributed by atoms with van der Waals surface area (Å²) in [5.74, 6) is -0.176. The maximum absolute atomic E-state index is 11.0. The van der Waals surface area contributed by atoms with E-state index in [1.807, 2.05) is 0 Å². The molecule has 0 radical (unpaired) electrons. The highest BCUT2D eigenvalue weighted by Crippen LogP contribution is 2.16. The number of hydrogen-bond donors (Lipinski definition) is 2. The third kappa shape index (κ3) is 3.30. The van der Waals surface area contributed by atoms with E-state index in [1.54, 1.807) is 13.1 Å². The Morgan fingerprint density at radius 1 is 1.92 bits per heavy atom. The molecule has 4 nitrogen and oxygen atoms in total. The van der Waals surface area contributed by atoms with Gasteiger partial charge >= 0.3 is 0 Å². The molecule has 72 valence electrons. The lowest BCUT2D eigenvalue weighted by atomic mass is 10.3. The molecule has 0 aliphatic carbocycles. The molecular weight excluding hydrogens is 210 g/mol. The van der Waals surface area contributed by atoms with Crippen LogP contribution in [-0.4, -0.2) is 16.9 Å². The summed E-state index contributed by atoms with van der Waals surface area (Å²) in [4.78, 5) is 15.8. The Labute approximate surface area is 85.1 Å². The Kier molecular flexibility index (Phi) is 3.65. The normalized spacial score (nSPS) is 12.5. The van der Waals surface area contributed by atoms with Crippen LogP contribution in [0.1, 0.15) is 11.8 Å². The highest BCUT2D eigenvalue weighted by Gasteiger charge is 2.07. The summed E-state index contributed by atoms with van der Waals surface area (Å²) in [5.41, 5.74) is 5.35. The summed E-state index contributed by atoms with van der Waals surface area (Å²) >= 11 is 6.95. The van der Waals surface area contributed by atoms with Crippen molar-refractivity contribution in [3.05, 3.63) is 15.5 Å². The lowest BCUT2D eigenvalue weighted by Gasteiger charge is -2.05. The van der Waals surface area contributed by atoms with Crippen molar-refractivity contribution in [2.75, 3.05) is 0 Å². The third-order valence-corrected chi connectivity index (χ3v) is 2.49. The molecule has 0 spiro atoms. The van der Waals surface area contributed by atoms with E-state index in [1.165, 1.54) is 11.3 Å². The third-order valence-electron chi connectivity index (χ3n) is 1.38. The first-order valence-corrected chi connectivity index (χ1v) is 4.92. The van der Waals surface area contributed by atoms with Crippen LogP contribution in [0.25, 0.3) is 0 Å². The van der Waals surface area contributed by atoms with Crippen LogP contribution >= 0.6 is 22.9 Å². The number of amides is 1. The molecule has 1 unspecified atom stereocenters. The zero-order chi connectivity index (χ0) is 9.84. The highest BCUT2D eigenvalue weighted by molar-refractivity contribution is 7.15. The van der Waals surface area contributed by atoms with E-state index in [-0.39, 0.29) is 5.91 Å². The average molecular weight is 220 g/mol. The molecule has 1 aromatic rings. The molecule has 0 bridgehead atoms. The summed E-state index contributed by atoms with van der Waals surface area (Å²) in [6.45, 7) is 2.07. The van der Waals surface area contributed by atoms with E-state index in [2.05, 4.69) is 10.3 Å². The van der Waals surface area contributed by atoms with Crippen LogP contribution in [0, 0.1) is 0 Å². The summed E-state index contributed by atoms with van der Waals surface area (Å²) < 4.78 is 0.477. The minimum atomic E-state index is -0.483. The fraction of sp³-hybridized carbons (Fsp3) is 0.429. The second-order valence-corrected chi connectivity index (χ2v) is 4.28. The SMILES string of the molecule is CC(N)C(=O)NCc1cnc(Cl)s1. The Morgan fingerprint density at radius 3 is 3.08 bits per heavy atom. The van der Waals surface area contributed by atoms with Gasteiger partial charge in [-0.15, -0.1) is 11.3 Å². The van der Waals surface area contributed by atoms with Crippen molar-refractivity contribution < 1.29 is 4.79 Å². The Morgan fingerprint density at radius 2 is 2.62 bits per heavy atom. The van der Waals surface area contributed by atoms with Gasteiger partial charge in [0.05, 0.1) is 12.6 Å². The molecule has 1 amide bonds. The van der Waals surface area contributed by atoms with Crippen molar-refractivity contribution in [1.29, 1.82) is 0 Å². The van der Waals surface area contributed by atoms with Gasteiger partial charge in [-0.05, 0) is 6.92 Å². The highest BCUT2D eigenvalue weighted by atomic mass is 35.5. The second kappa shape index (κ2) is 4.55. The maximum atomic E-state index is 11.0. The molecule has 3 N–H and O–H groups in total. The summed E-state index contributed by atoms with van der Waals surface area (Å²) in [7, 11) is 0. The smallest absolute Gasteiger partial charge is 0.236 e. The van der Waals surface area contributed by atoms with Crippen molar-refractivity contribution in [1.82, 2.24) is 10.3 Å². The summed E-state index contributed by atoms with van der Waals surface area (Å²) in [6, 6.07) is -0.483. The Balaban J connectivity index is 2.39. The molecule has 0 saturated heterocycles. The summed E-state index contributed by atoms with van der Waals surface area (Å²) in [5, 5.41) is 2.66.